The summed E-state index contributed by atoms with van der Waals surface area (Å²) >= 11 is 6.18. The van der Waals surface area contributed by atoms with Gasteiger partial charge in [-0.15, -0.1) is 0 Å². The van der Waals surface area contributed by atoms with Gasteiger partial charge in [0.2, 0.25) is 0 Å². The Labute approximate surface area is 166 Å². The van der Waals surface area contributed by atoms with Gasteiger partial charge in [-0.05, 0) is 31.5 Å². The molecule has 9 nitrogen and oxygen atoms in total. The fourth-order valence-corrected chi connectivity index (χ4v) is 2.90. The van der Waals surface area contributed by atoms with Crippen LogP contribution in [-0.2, 0) is 13.1 Å². The van der Waals surface area contributed by atoms with E-state index in [1.807, 2.05) is 26.0 Å². The molecule has 0 aliphatic heterocycles. The van der Waals surface area contributed by atoms with Gasteiger partial charge in [0.1, 0.15) is 12.4 Å². The number of carbonyl (C=O) groups excluding carboxylic acids is 1. The molecule has 0 bridgehead atoms. The lowest BCUT2D eigenvalue weighted by Crippen LogP contribution is -2.27. The number of hydrogen-bond donors (Lipinski definition) is 1. The van der Waals surface area contributed by atoms with Crippen molar-refractivity contribution in [3.63, 3.8) is 0 Å². The van der Waals surface area contributed by atoms with Crippen LogP contribution in [0.4, 0.5) is 5.69 Å². The third kappa shape index (κ3) is 4.37. The van der Waals surface area contributed by atoms with Crippen LogP contribution in [0, 0.1) is 24.0 Å². The first-order chi connectivity index (χ1) is 13.3. The predicted octanol–water partition coefficient (Wildman–Crippen LogP) is 2.74. The molecule has 2 heterocycles. The monoisotopic (exact) mass is 402 g/mol. The smallest absolute Gasteiger partial charge is 0.306 e. The van der Waals surface area contributed by atoms with Crippen molar-refractivity contribution in [2.45, 2.75) is 26.9 Å². The van der Waals surface area contributed by atoms with Crippen molar-refractivity contribution in [3.8, 4) is 0 Å². The minimum absolute atomic E-state index is 0.0803. The van der Waals surface area contributed by atoms with E-state index in [9.17, 15) is 14.9 Å². The number of benzene rings is 1. The van der Waals surface area contributed by atoms with E-state index in [4.69, 9.17) is 11.6 Å². The minimum Gasteiger partial charge on any atom is -0.350 e. The van der Waals surface area contributed by atoms with Gasteiger partial charge < -0.3 is 5.32 Å². The van der Waals surface area contributed by atoms with Crippen LogP contribution in [0.25, 0.3) is 0 Å². The quantitative estimate of drug-likeness (QED) is 0.483. The highest BCUT2D eigenvalue weighted by molar-refractivity contribution is 6.31. The summed E-state index contributed by atoms with van der Waals surface area (Å²) in [7, 11) is 0. The second-order valence-corrected chi connectivity index (χ2v) is 6.70. The Morgan fingerprint density at radius 3 is 2.79 bits per heavy atom. The number of aryl methyl sites for hydroxylation is 1. The molecule has 1 N–H and O–H groups in total. The molecule has 0 saturated heterocycles. The largest absolute Gasteiger partial charge is 0.350 e. The van der Waals surface area contributed by atoms with Crippen LogP contribution in [0.2, 0.25) is 5.02 Å². The lowest BCUT2D eigenvalue weighted by molar-refractivity contribution is -0.385. The highest BCUT2D eigenvalue weighted by Crippen LogP contribution is 2.20. The molecule has 3 rings (SSSR count). The highest BCUT2D eigenvalue weighted by atomic mass is 35.5. The summed E-state index contributed by atoms with van der Waals surface area (Å²) in [6.07, 6.45) is 2.50. The second-order valence-electron chi connectivity index (χ2n) is 6.32. The normalized spacial score (nSPS) is 10.8. The maximum atomic E-state index is 12.4. The van der Waals surface area contributed by atoms with Crippen molar-refractivity contribution in [3.05, 3.63) is 74.3 Å². The van der Waals surface area contributed by atoms with Crippen LogP contribution in [0.15, 0.2) is 36.7 Å². The van der Waals surface area contributed by atoms with Gasteiger partial charge >= 0.3 is 5.69 Å². The van der Waals surface area contributed by atoms with Crippen molar-refractivity contribution >= 4 is 23.2 Å². The minimum atomic E-state index is -0.510. The average Bonchev–Trinajstić information content (AvgIpc) is 3.23. The standard InChI is InChI=1S/C18H19ClN6O3/c1-12-17(19)13(2)24(22-12)10-14-4-3-5-15(8-14)18(26)20-6-7-23-11-16(9-21-23)25(27)28/h3-5,8-9,11H,6-7,10H2,1-2H3,(H,20,26). The van der Waals surface area contributed by atoms with Crippen LogP contribution >= 0.6 is 11.6 Å². The molecule has 1 aromatic carbocycles. The van der Waals surface area contributed by atoms with E-state index < -0.39 is 4.92 Å². The van der Waals surface area contributed by atoms with Crippen molar-refractivity contribution in [2.24, 2.45) is 0 Å². The Morgan fingerprint density at radius 2 is 2.14 bits per heavy atom. The maximum absolute atomic E-state index is 12.4. The van der Waals surface area contributed by atoms with Crippen molar-refractivity contribution in [1.82, 2.24) is 24.9 Å². The molecule has 0 fully saturated rings. The summed E-state index contributed by atoms with van der Waals surface area (Å²) in [5, 5.41) is 22.4. The van der Waals surface area contributed by atoms with Crippen molar-refractivity contribution in [2.75, 3.05) is 6.54 Å². The summed E-state index contributed by atoms with van der Waals surface area (Å²) in [5.41, 5.74) is 3.02. The zero-order chi connectivity index (χ0) is 20.3. The molecule has 28 heavy (non-hydrogen) atoms. The first-order valence-electron chi connectivity index (χ1n) is 8.58. The number of nitrogens with one attached hydrogen (secondary N) is 1. The SMILES string of the molecule is Cc1nn(Cc2cccc(C(=O)NCCn3cc([N+](=O)[O-])cn3)c2)c(C)c1Cl. The Kier molecular flexibility index (Phi) is 5.74. The molecule has 0 saturated carbocycles. The Morgan fingerprint density at radius 1 is 1.36 bits per heavy atom. The van der Waals surface area contributed by atoms with E-state index in [-0.39, 0.29) is 11.6 Å². The summed E-state index contributed by atoms with van der Waals surface area (Å²) in [5.74, 6) is -0.227. The molecule has 1 amide bonds. The number of nitro groups is 1. The molecule has 0 aliphatic rings. The molecular weight excluding hydrogens is 384 g/mol. The van der Waals surface area contributed by atoms with E-state index in [1.54, 1.807) is 16.8 Å². The van der Waals surface area contributed by atoms with E-state index in [0.29, 0.717) is 30.2 Å². The molecular formula is C18H19ClN6O3. The fourth-order valence-electron chi connectivity index (χ4n) is 2.77. The number of hydrogen-bond acceptors (Lipinski definition) is 5. The Hall–Kier alpha value is -3.20. The van der Waals surface area contributed by atoms with Crippen molar-refractivity contribution in [1.29, 1.82) is 0 Å². The summed E-state index contributed by atoms with van der Waals surface area (Å²) < 4.78 is 3.22. The molecule has 2 aromatic heterocycles. The van der Waals surface area contributed by atoms with Crippen LogP contribution in [0.1, 0.15) is 27.3 Å². The predicted molar refractivity (Wildman–Crippen MR) is 103 cm³/mol. The molecule has 0 aliphatic carbocycles. The van der Waals surface area contributed by atoms with Gasteiger partial charge in [0.15, 0.2) is 0 Å². The van der Waals surface area contributed by atoms with E-state index in [1.165, 1.54) is 17.1 Å². The number of rotatable bonds is 7. The van der Waals surface area contributed by atoms with Gasteiger partial charge in [0.25, 0.3) is 5.91 Å². The lowest BCUT2D eigenvalue weighted by Gasteiger charge is -2.08. The fraction of sp³-hybridized carbons (Fsp3) is 0.278. The van der Waals surface area contributed by atoms with Crippen LogP contribution in [0.5, 0.6) is 0 Å². The summed E-state index contributed by atoms with van der Waals surface area (Å²) in [4.78, 5) is 22.5. The third-order valence-electron chi connectivity index (χ3n) is 4.27. The number of halogens is 1. The van der Waals surface area contributed by atoms with Crippen LogP contribution < -0.4 is 5.32 Å². The molecule has 0 radical (unpaired) electrons. The van der Waals surface area contributed by atoms with E-state index in [2.05, 4.69) is 15.5 Å². The number of aromatic nitrogens is 4. The zero-order valence-corrected chi connectivity index (χ0v) is 16.2. The van der Waals surface area contributed by atoms with Crippen LogP contribution in [0.3, 0.4) is 0 Å². The third-order valence-corrected chi connectivity index (χ3v) is 4.82. The van der Waals surface area contributed by atoms with Gasteiger partial charge in [-0.2, -0.15) is 10.2 Å². The molecule has 0 unspecified atom stereocenters. The number of nitrogens with zero attached hydrogens (tertiary/aromatic N) is 5. The molecule has 0 atom stereocenters. The van der Waals surface area contributed by atoms with Gasteiger partial charge in [-0.3, -0.25) is 24.3 Å². The van der Waals surface area contributed by atoms with Gasteiger partial charge in [0.05, 0.1) is 34.4 Å². The first-order valence-corrected chi connectivity index (χ1v) is 8.96. The first kappa shape index (κ1) is 19.6. The van der Waals surface area contributed by atoms with Gasteiger partial charge in [-0.25, -0.2) is 0 Å². The molecule has 10 heteroatoms. The second kappa shape index (κ2) is 8.22. The Bertz CT molecular complexity index is 1030. The molecule has 146 valence electrons. The summed E-state index contributed by atoms with van der Waals surface area (Å²) in [6.45, 7) is 4.90. The molecule has 3 aromatic rings. The Balaban J connectivity index is 1.60. The van der Waals surface area contributed by atoms with Crippen molar-refractivity contribution < 1.29 is 9.72 Å². The zero-order valence-electron chi connectivity index (χ0n) is 15.4. The highest BCUT2D eigenvalue weighted by Gasteiger charge is 2.12. The van der Waals surface area contributed by atoms with Crippen LogP contribution in [-0.4, -0.2) is 36.9 Å². The molecule has 0 spiro atoms. The van der Waals surface area contributed by atoms with Gasteiger partial charge in [-0.1, -0.05) is 23.7 Å². The topological polar surface area (TPSA) is 108 Å². The lowest BCUT2D eigenvalue weighted by atomic mass is 10.1. The van der Waals surface area contributed by atoms with E-state index >= 15 is 0 Å². The number of amides is 1. The number of carbonyl (C=O) groups is 1. The maximum Gasteiger partial charge on any atom is 0.306 e. The van der Waals surface area contributed by atoms with E-state index in [0.717, 1.165) is 17.0 Å². The summed E-state index contributed by atoms with van der Waals surface area (Å²) in [6, 6.07) is 7.27. The average molecular weight is 403 g/mol. The van der Waals surface area contributed by atoms with Gasteiger partial charge in [0, 0.05) is 12.1 Å².